The second kappa shape index (κ2) is 18.0. The van der Waals surface area contributed by atoms with Crippen molar-refractivity contribution in [2.75, 3.05) is 27.2 Å². The zero-order valence-electron chi connectivity index (χ0n) is 32.0. The van der Waals surface area contributed by atoms with E-state index in [2.05, 4.69) is 29.4 Å². The maximum Gasteiger partial charge on any atom is 0.328 e. The van der Waals surface area contributed by atoms with E-state index < -0.39 is 41.5 Å². The molecule has 1 unspecified atom stereocenters. The number of amides is 4. The smallest absolute Gasteiger partial charge is 0.328 e. The van der Waals surface area contributed by atoms with Crippen molar-refractivity contribution >= 4 is 29.6 Å². The van der Waals surface area contributed by atoms with Crippen molar-refractivity contribution < 1.29 is 28.7 Å². The molecule has 11 heteroatoms. The number of likely N-dealkylation sites (tertiary alicyclic amines) is 2. The van der Waals surface area contributed by atoms with Crippen molar-refractivity contribution in [3.63, 3.8) is 0 Å². The van der Waals surface area contributed by atoms with Crippen LogP contribution in [0.2, 0.25) is 0 Å². The highest BCUT2D eigenvalue weighted by molar-refractivity contribution is 5.98. The Morgan fingerprint density at radius 1 is 0.920 bits per heavy atom. The van der Waals surface area contributed by atoms with Crippen LogP contribution in [0.25, 0.3) is 0 Å². The Balaban J connectivity index is 1.78. The summed E-state index contributed by atoms with van der Waals surface area (Å²) in [6.45, 7) is 17.0. The lowest BCUT2D eigenvalue weighted by molar-refractivity contribution is -0.146. The molecule has 0 saturated carbocycles. The maximum atomic E-state index is 14.2. The second-order valence-electron chi connectivity index (χ2n) is 15.6. The molecule has 278 valence electrons. The van der Waals surface area contributed by atoms with Gasteiger partial charge in [0.05, 0.1) is 19.2 Å². The third kappa shape index (κ3) is 10.4. The molecule has 0 spiro atoms. The first kappa shape index (κ1) is 40.7. The van der Waals surface area contributed by atoms with Gasteiger partial charge in [-0.05, 0) is 69.9 Å². The fraction of sp³-hybridized carbons (Fsp3) is 0.667. The predicted molar refractivity (Wildman–Crippen MR) is 195 cm³/mol. The summed E-state index contributed by atoms with van der Waals surface area (Å²) in [5.41, 5.74) is 0.732. The Kier molecular flexibility index (Phi) is 14.6. The zero-order valence-corrected chi connectivity index (χ0v) is 32.0. The lowest BCUT2D eigenvalue weighted by Crippen LogP contribution is -2.60. The number of hydrogen-bond acceptors (Lipinski definition) is 7. The molecule has 2 fully saturated rings. The molecule has 2 aliphatic rings. The molecule has 50 heavy (non-hydrogen) atoms. The first-order chi connectivity index (χ1) is 23.5. The van der Waals surface area contributed by atoms with Crippen molar-refractivity contribution in [1.82, 2.24) is 25.3 Å². The highest BCUT2D eigenvalue weighted by Crippen LogP contribution is 2.27. The number of carbonyl (C=O) groups excluding carboxylic acids is 5. The van der Waals surface area contributed by atoms with Gasteiger partial charge in [0.1, 0.15) is 18.1 Å². The fourth-order valence-electron chi connectivity index (χ4n) is 7.13. The topological polar surface area (TPSA) is 128 Å². The van der Waals surface area contributed by atoms with Gasteiger partial charge in [-0.25, -0.2) is 4.79 Å². The number of carbonyl (C=O) groups is 5. The van der Waals surface area contributed by atoms with Crippen LogP contribution in [0.4, 0.5) is 0 Å². The molecule has 2 heterocycles. The van der Waals surface area contributed by atoms with Crippen molar-refractivity contribution in [3.05, 3.63) is 47.5 Å². The van der Waals surface area contributed by atoms with Crippen LogP contribution >= 0.6 is 0 Å². The molecule has 3 rings (SSSR count). The van der Waals surface area contributed by atoms with E-state index in [0.29, 0.717) is 25.0 Å². The molecular formula is C39H61N5O6. The van der Waals surface area contributed by atoms with Crippen LogP contribution in [0, 0.1) is 11.3 Å². The number of likely N-dealkylation sites (N-methyl/N-ethyl adjacent to an activating group) is 1. The number of esters is 1. The first-order valence-corrected chi connectivity index (χ1v) is 18.2. The van der Waals surface area contributed by atoms with Gasteiger partial charge in [0.15, 0.2) is 0 Å². The molecule has 5 atom stereocenters. The van der Waals surface area contributed by atoms with Gasteiger partial charge in [-0.3, -0.25) is 24.1 Å². The summed E-state index contributed by atoms with van der Waals surface area (Å²) >= 11 is 0. The van der Waals surface area contributed by atoms with Gasteiger partial charge in [-0.2, -0.15) is 0 Å². The van der Waals surface area contributed by atoms with E-state index in [1.165, 1.54) is 7.11 Å². The number of nitrogens with zero attached hydrogens (tertiary/aromatic N) is 3. The van der Waals surface area contributed by atoms with Crippen molar-refractivity contribution in [2.45, 2.75) is 130 Å². The first-order valence-electron chi connectivity index (χ1n) is 18.2. The van der Waals surface area contributed by atoms with Gasteiger partial charge in [-0.1, -0.05) is 77.4 Å². The number of hydrogen-bond donors (Lipinski definition) is 2. The molecule has 0 aliphatic carbocycles. The number of benzene rings is 1. The van der Waals surface area contributed by atoms with E-state index in [1.807, 2.05) is 65.0 Å². The van der Waals surface area contributed by atoms with Gasteiger partial charge in [0.25, 0.3) is 0 Å². The second-order valence-corrected chi connectivity index (χ2v) is 15.6. The third-order valence-electron chi connectivity index (χ3n) is 10.0. The van der Waals surface area contributed by atoms with Gasteiger partial charge in [0, 0.05) is 31.6 Å². The fourth-order valence-corrected chi connectivity index (χ4v) is 7.13. The third-order valence-corrected chi connectivity index (χ3v) is 10.0. The van der Waals surface area contributed by atoms with Crippen LogP contribution in [0.1, 0.15) is 93.1 Å². The number of piperidine rings is 1. The molecule has 11 nitrogen and oxygen atoms in total. The van der Waals surface area contributed by atoms with Gasteiger partial charge in [0.2, 0.25) is 23.6 Å². The quantitative estimate of drug-likeness (QED) is 0.235. The van der Waals surface area contributed by atoms with Crippen LogP contribution in [-0.4, -0.2) is 108 Å². The van der Waals surface area contributed by atoms with Crippen LogP contribution in [0.15, 0.2) is 42.0 Å². The van der Waals surface area contributed by atoms with E-state index in [4.69, 9.17) is 4.74 Å². The van der Waals surface area contributed by atoms with E-state index in [-0.39, 0.29) is 42.1 Å². The largest absolute Gasteiger partial charge is 0.467 e. The average molecular weight is 696 g/mol. The highest BCUT2D eigenvalue weighted by Gasteiger charge is 2.41. The minimum atomic E-state index is -0.892. The van der Waals surface area contributed by atoms with Gasteiger partial charge in [-0.15, -0.1) is 0 Å². The van der Waals surface area contributed by atoms with Gasteiger partial charge < -0.3 is 25.2 Å². The summed E-state index contributed by atoms with van der Waals surface area (Å²) in [4.78, 5) is 73.3. The lowest BCUT2D eigenvalue weighted by atomic mass is 9.84. The summed E-state index contributed by atoms with van der Waals surface area (Å²) in [5.74, 6) is -1.64. The molecule has 0 radical (unpaired) electrons. The Hall–Kier alpha value is -3.73. The molecule has 0 aromatic heterocycles. The number of ether oxygens (including phenoxy) is 1. The molecule has 1 aromatic rings. The summed E-state index contributed by atoms with van der Waals surface area (Å²) < 4.78 is 4.97. The molecular weight excluding hydrogens is 634 g/mol. The Morgan fingerprint density at radius 2 is 1.54 bits per heavy atom. The minimum Gasteiger partial charge on any atom is -0.467 e. The minimum absolute atomic E-state index is 0.0470. The van der Waals surface area contributed by atoms with Crippen molar-refractivity contribution in [2.24, 2.45) is 11.3 Å². The van der Waals surface area contributed by atoms with Crippen LogP contribution < -0.4 is 10.6 Å². The lowest BCUT2D eigenvalue weighted by Gasteiger charge is -2.41. The summed E-state index contributed by atoms with van der Waals surface area (Å²) in [6, 6.07) is 6.46. The number of methoxy groups -OCH3 is 1. The Morgan fingerprint density at radius 3 is 2.12 bits per heavy atom. The highest BCUT2D eigenvalue weighted by atomic mass is 16.5. The predicted octanol–water partition coefficient (Wildman–Crippen LogP) is 4.10. The SMILES string of the molecule is COC(=O)[C@H](Cc1ccccc1)NC(=O)C1CCCN1C(=O)/C(C)=C/[C@H](C(C)C)N(C)C(=O)[C@@H](NC(=O)[C@H]1CCCCN1C(C)C)C(C)(C)C. The molecule has 2 saturated heterocycles. The molecule has 4 amide bonds. The molecule has 2 N–H and O–H groups in total. The molecule has 2 aliphatic heterocycles. The summed E-state index contributed by atoms with van der Waals surface area (Å²) in [6.07, 6.45) is 5.97. The number of rotatable bonds is 13. The normalized spacial score (nSPS) is 20.6. The Bertz CT molecular complexity index is 1370. The van der Waals surface area contributed by atoms with Crippen LogP contribution in [0.3, 0.4) is 0 Å². The maximum absolute atomic E-state index is 14.2. The zero-order chi connectivity index (χ0) is 37.3. The van der Waals surface area contributed by atoms with Crippen LogP contribution in [0.5, 0.6) is 0 Å². The summed E-state index contributed by atoms with van der Waals surface area (Å²) in [5, 5.41) is 5.95. The van der Waals surface area contributed by atoms with E-state index in [9.17, 15) is 24.0 Å². The standard InChI is InChI=1S/C39H61N5O6/c1-25(2)32(42(9)37(48)33(39(6,7)8)41-35(46)30-19-14-15-21-43(30)26(3)4)23-27(5)36(47)44-22-16-20-31(44)34(45)40-29(38(49)50-10)24-28-17-12-11-13-18-28/h11-13,17-18,23,25-26,29-33H,14-16,19-22,24H2,1-10H3,(H,40,45)(H,41,46)/b27-23+/t29-,30+,31?,32+,33+/m0/s1. The van der Waals surface area contributed by atoms with E-state index in [0.717, 1.165) is 31.4 Å². The van der Waals surface area contributed by atoms with Crippen molar-refractivity contribution in [1.29, 1.82) is 0 Å². The molecule has 1 aromatic carbocycles. The van der Waals surface area contributed by atoms with Crippen molar-refractivity contribution in [3.8, 4) is 0 Å². The average Bonchev–Trinajstić information content (AvgIpc) is 3.58. The molecule has 0 bridgehead atoms. The summed E-state index contributed by atoms with van der Waals surface area (Å²) in [7, 11) is 3.01. The van der Waals surface area contributed by atoms with Crippen LogP contribution in [-0.2, 0) is 35.1 Å². The number of nitrogens with one attached hydrogen (secondary N) is 2. The monoisotopic (exact) mass is 695 g/mol. The Labute approximate surface area is 299 Å². The van der Waals surface area contributed by atoms with E-state index in [1.54, 1.807) is 29.8 Å². The van der Waals surface area contributed by atoms with Gasteiger partial charge >= 0.3 is 5.97 Å². The van der Waals surface area contributed by atoms with E-state index >= 15 is 0 Å².